The van der Waals surface area contributed by atoms with Gasteiger partial charge in [-0.2, -0.15) is 12.2 Å². The molecule has 0 spiro atoms. The average molecular weight is 235 g/mol. The molecule has 2 rings (SSSR count). The summed E-state index contributed by atoms with van der Waals surface area (Å²) in [7, 11) is 0. The summed E-state index contributed by atoms with van der Waals surface area (Å²) < 4.78 is 0. The van der Waals surface area contributed by atoms with Crippen LogP contribution in [0.5, 0.6) is 0 Å². The van der Waals surface area contributed by atoms with Crippen LogP contribution in [0, 0.1) is 12.2 Å². The smallest absolute Gasteiger partial charge is 0.273 e. The molecule has 0 unspecified atom stereocenters. The first-order chi connectivity index (χ1) is 6.41. The van der Waals surface area contributed by atoms with Gasteiger partial charge in [0.05, 0.1) is 0 Å². The van der Waals surface area contributed by atoms with Crippen LogP contribution in [0.15, 0.2) is 36.5 Å². The summed E-state index contributed by atoms with van der Waals surface area (Å²) in [6.45, 7) is 0. The summed E-state index contributed by atoms with van der Waals surface area (Å²) in [5.74, 6) is 4.42. The summed E-state index contributed by atoms with van der Waals surface area (Å²) in [4.78, 5) is 0. The van der Waals surface area contributed by atoms with Crippen molar-refractivity contribution in [2.45, 2.75) is 24.4 Å². The van der Waals surface area contributed by atoms with Crippen molar-refractivity contribution in [2.24, 2.45) is 0 Å². The van der Waals surface area contributed by atoms with Gasteiger partial charge in [-0.05, 0) is 0 Å². The van der Waals surface area contributed by atoms with E-state index in [1.165, 1.54) is 0 Å². The summed E-state index contributed by atoms with van der Waals surface area (Å²) in [5.41, 5.74) is 0. The monoisotopic (exact) mass is 235 g/mol. The standard InChI is InChI=1S/2C5H5.2CH3.Al.Ti/c2*1-2-4-5-3-1;;;;/h2*1-3H,4H2;2*1H3;;/q2*-1;;;;+2. The van der Waals surface area contributed by atoms with E-state index in [0.29, 0.717) is 0 Å². The average Bonchev–Trinajstić information content (AvgIpc) is 2.85. The molecule has 0 heterocycles. The van der Waals surface area contributed by atoms with Gasteiger partial charge in [-0.15, -0.1) is 24.4 Å². The molecule has 0 nitrogen and oxygen atoms in total. The quantitative estimate of drug-likeness (QED) is 0.446. The molecule has 0 bridgehead atoms. The molecule has 2 aliphatic carbocycles. The summed E-state index contributed by atoms with van der Waals surface area (Å²) >= 11 is 0.750. The first-order valence-electron chi connectivity index (χ1n) is 4.59. The Kier molecular flexibility index (Phi) is 18.6. The SMILES string of the molecule is [C-]1=CC=CC1.[C-]1=CC=CC1.[CH3][Al][CH3].[Ti+2]. The molecule has 0 aromatic heterocycles. The van der Waals surface area contributed by atoms with Crippen LogP contribution in [0.2, 0.25) is 11.6 Å². The van der Waals surface area contributed by atoms with Crippen LogP contribution in [0.3, 0.4) is 0 Å². The molecule has 0 atom stereocenters. The number of allylic oxidation sites excluding steroid dienone is 8. The molecule has 0 fully saturated rings. The molecule has 1 radical (unpaired) electrons. The van der Waals surface area contributed by atoms with E-state index in [4.69, 9.17) is 0 Å². The zero-order valence-electron chi connectivity index (χ0n) is 8.96. The van der Waals surface area contributed by atoms with Gasteiger partial charge in [0.25, 0.3) is 0 Å². The topological polar surface area (TPSA) is 0 Å². The Balaban J connectivity index is 0. The molecule has 0 saturated carbocycles. The Morgan fingerprint density at radius 3 is 1.36 bits per heavy atom. The predicted octanol–water partition coefficient (Wildman–Crippen LogP) is 3.40. The Bertz CT molecular complexity index is 160. The molecule has 14 heavy (non-hydrogen) atoms. The van der Waals surface area contributed by atoms with Crippen molar-refractivity contribution in [3.8, 4) is 0 Å². The van der Waals surface area contributed by atoms with Gasteiger partial charge in [0.2, 0.25) is 0 Å². The van der Waals surface area contributed by atoms with Crippen molar-refractivity contribution in [2.75, 3.05) is 0 Å². The van der Waals surface area contributed by atoms with E-state index in [1.807, 2.05) is 24.3 Å². The molecule has 0 saturated heterocycles. The van der Waals surface area contributed by atoms with Crippen LogP contribution >= 0.6 is 0 Å². The number of rotatable bonds is 0. The Morgan fingerprint density at radius 2 is 1.29 bits per heavy atom. The van der Waals surface area contributed by atoms with Crippen molar-refractivity contribution in [3.05, 3.63) is 48.6 Å². The molecular formula is C12H16AlTi. The van der Waals surface area contributed by atoms with Crippen LogP contribution in [0.4, 0.5) is 0 Å². The molecule has 0 amide bonds. The molecule has 2 heteroatoms. The van der Waals surface area contributed by atoms with Crippen molar-refractivity contribution >= 4 is 15.2 Å². The van der Waals surface area contributed by atoms with Gasteiger partial charge >= 0.3 is 21.7 Å². The van der Waals surface area contributed by atoms with E-state index in [1.54, 1.807) is 0 Å². The van der Waals surface area contributed by atoms with Crippen molar-refractivity contribution in [3.63, 3.8) is 0 Å². The first kappa shape index (κ1) is 16.6. The Hall–Kier alpha value is 0.207. The molecule has 0 aliphatic heterocycles. The second-order valence-corrected chi connectivity index (χ2v) is 3.74. The number of hydrogen-bond donors (Lipinski definition) is 0. The normalized spacial score (nSPS) is 13.6. The third-order valence-corrected chi connectivity index (χ3v) is 1.17. The fraction of sp³-hybridized carbons (Fsp3) is 0.333. The van der Waals surface area contributed by atoms with E-state index < -0.39 is 0 Å². The summed E-state index contributed by atoms with van der Waals surface area (Å²) in [6.07, 6.45) is 20.0. The van der Waals surface area contributed by atoms with Crippen molar-refractivity contribution in [1.29, 1.82) is 0 Å². The zero-order chi connectivity index (χ0) is 9.78. The fourth-order valence-electron chi connectivity index (χ4n) is 0.680. The van der Waals surface area contributed by atoms with Crippen LogP contribution in [0.1, 0.15) is 12.8 Å². The van der Waals surface area contributed by atoms with Crippen LogP contribution in [-0.2, 0) is 21.7 Å². The maximum atomic E-state index is 2.99. The Morgan fingerprint density at radius 1 is 0.929 bits per heavy atom. The maximum Gasteiger partial charge on any atom is 2.00 e. The van der Waals surface area contributed by atoms with E-state index in [-0.39, 0.29) is 21.7 Å². The minimum atomic E-state index is 0. The second-order valence-electron chi connectivity index (χ2n) is 2.58. The zero-order valence-corrected chi connectivity index (χ0v) is 11.7. The van der Waals surface area contributed by atoms with Gasteiger partial charge in [0.15, 0.2) is 15.2 Å². The third-order valence-electron chi connectivity index (χ3n) is 1.17. The van der Waals surface area contributed by atoms with Crippen molar-refractivity contribution < 1.29 is 21.7 Å². The molecule has 71 valence electrons. The first-order valence-corrected chi connectivity index (χ1v) is 6.90. The minimum absolute atomic E-state index is 0. The van der Waals surface area contributed by atoms with E-state index in [9.17, 15) is 0 Å². The van der Waals surface area contributed by atoms with Crippen molar-refractivity contribution in [1.82, 2.24) is 0 Å². The second kappa shape index (κ2) is 15.7. The van der Waals surface area contributed by atoms with Crippen LogP contribution in [0.25, 0.3) is 0 Å². The Labute approximate surface area is 109 Å². The van der Waals surface area contributed by atoms with E-state index >= 15 is 0 Å². The van der Waals surface area contributed by atoms with Crippen LogP contribution < -0.4 is 0 Å². The molecule has 0 aromatic carbocycles. The summed E-state index contributed by atoms with van der Waals surface area (Å²) in [6, 6.07) is 0. The van der Waals surface area contributed by atoms with Gasteiger partial charge < -0.3 is 0 Å². The van der Waals surface area contributed by atoms with Gasteiger partial charge in [0, 0.05) is 0 Å². The minimum Gasteiger partial charge on any atom is -0.273 e. The molecule has 0 N–H and O–H groups in total. The van der Waals surface area contributed by atoms with E-state index in [2.05, 4.69) is 35.9 Å². The molecule has 0 aromatic rings. The fourth-order valence-corrected chi connectivity index (χ4v) is 0.680. The summed E-state index contributed by atoms with van der Waals surface area (Å²) in [5, 5.41) is 0. The van der Waals surface area contributed by atoms with Gasteiger partial charge in [0.1, 0.15) is 0 Å². The predicted molar refractivity (Wildman–Crippen MR) is 60.6 cm³/mol. The van der Waals surface area contributed by atoms with Gasteiger partial charge in [-0.3, -0.25) is 12.2 Å². The van der Waals surface area contributed by atoms with Crippen LogP contribution in [-0.4, -0.2) is 15.2 Å². The third kappa shape index (κ3) is 14.7. The molecule has 2 aliphatic rings. The van der Waals surface area contributed by atoms with E-state index in [0.717, 1.165) is 28.1 Å². The molecular weight excluding hydrogens is 219 g/mol. The largest absolute Gasteiger partial charge is 2.00 e. The number of hydrogen-bond acceptors (Lipinski definition) is 0. The van der Waals surface area contributed by atoms with Gasteiger partial charge in [-0.1, -0.05) is 0 Å². The van der Waals surface area contributed by atoms with Gasteiger partial charge in [-0.25, -0.2) is 24.3 Å². The maximum absolute atomic E-state index is 2.99.